The van der Waals surface area contributed by atoms with Crippen molar-refractivity contribution >= 4 is 5.69 Å². The van der Waals surface area contributed by atoms with Crippen LogP contribution in [-0.2, 0) is 0 Å². The lowest BCUT2D eigenvalue weighted by molar-refractivity contribution is 0.0928. The molecule has 0 spiro atoms. The van der Waals surface area contributed by atoms with Crippen LogP contribution < -0.4 is 14.4 Å². The SMILES string of the molecule is COc1cccc(N2CCC(C(O)c3ccc(F)cc3)CC2)c1OC. The first-order valence-corrected chi connectivity index (χ1v) is 8.53. The molecule has 1 fully saturated rings. The van der Waals surface area contributed by atoms with E-state index in [4.69, 9.17) is 9.47 Å². The van der Waals surface area contributed by atoms with Gasteiger partial charge in [-0.15, -0.1) is 0 Å². The summed E-state index contributed by atoms with van der Waals surface area (Å²) in [5.74, 6) is 1.34. The smallest absolute Gasteiger partial charge is 0.184 e. The summed E-state index contributed by atoms with van der Waals surface area (Å²) in [6, 6.07) is 12.0. The van der Waals surface area contributed by atoms with E-state index in [1.54, 1.807) is 26.4 Å². The van der Waals surface area contributed by atoms with Gasteiger partial charge < -0.3 is 19.5 Å². The number of methoxy groups -OCH3 is 2. The Balaban J connectivity index is 1.69. The third kappa shape index (κ3) is 3.71. The van der Waals surface area contributed by atoms with E-state index in [9.17, 15) is 9.50 Å². The van der Waals surface area contributed by atoms with Crippen molar-refractivity contribution < 1.29 is 19.0 Å². The van der Waals surface area contributed by atoms with E-state index < -0.39 is 6.10 Å². The topological polar surface area (TPSA) is 41.9 Å². The fourth-order valence-electron chi connectivity index (χ4n) is 3.51. The molecule has 2 aromatic rings. The second-order valence-corrected chi connectivity index (χ2v) is 6.33. The highest BCUT2D eigenvalue weighted by molar-refractivity contribution is 5.65. The first kappa shape index (κ1) is 17.5. The molecule has 134 valence electrons. The number of anilines is 1. The molecule has 1 aliphatic heterocycles. The van der Waals surface area contributed by atoms with Gasteiger partial charge >= 0.3 is 0 Å². The number of hydrogen-bond acceptors (Lipinski definition) is 4. The van der Waals surface area contributed by atoms with E-state index >= 15 is 0 Å². The lowest BCUT2D eigenvalue weighted by Crippen LogP contribution is -2.35. The second-order valence-electron chi connectivity index (χ2n) is 6.33. The van der Waals surface area contributed by atoms with Gasteiger partial charge in [-0.25, -0.2) is 4.39 Å². The Morgan fingerprint density at radius 1 is 1.04 bits per heavy atom. The van der Waals surface area contributed by atoms with E-state index in [2.05, 4.69) is 4.90 Å². The van der Waals surface area contributed by atoms with Crippen molar-refractivity contribution in [1.82, 2.24) is 0 Å². The van der Waals surface area contributed by atoms with Crippen LogP contribution in [0.25, 0.3) is 0 Å². The molecule has 1 N–H and O–H groups in total. The van der Waals surface area contributed by atoms with Gasteiger partial charge in [-0.05, 0) is 48.6 Å². The molecule has 0 amide bonds. The maximum absolute atomic E-state index is 13.1. The number of para-hydroxylation sites is 1. The highest BCUT2D eigenvalue weighted by Crippen LogP contribution is 2.40. The number of halogens is 1. The minimum Gasteiger partial charge on any atom is -0.493 e. The van der Waals surface area contributed by atoms with Crippen molar-refractivity contribution in [3.63, 3.8) is 0 Å². The van der Waals surface area contributed by atoms with Crippen LogP contribution in [-0.4, -0.2) is 32.4 Å². The Labute approximate surface area is 147 Å². The minimum absolute atomic E-state index is 0.165. The molecule has 1 heterocycles. The molecule has 0 radical (unpaired) electrons. The van der Waals surface area contributed by atoms with Crippen LogP contribution in [0.2, 0.25) is 0 Å². The molecule has 2 aromatic carbocycles. The van der Waals surface area contributed by atoms with Crippen LogP contribution in [0, 0.1) is 11.7 Å². The molecular weight excluding hydrogens is 321 g/mol. The molecule has 0 aromatic heterocycles. The van der Waals surface area contributed by atoms with Crippen molar-refractivity contribution in [1.29, 1.82) is 0 Å². The van der Waals surface area contributed by atoms with Gasteiger partial charge in [0.2, 0.25) is 0 Å². The van der Waals surface area contributed by atoms with Gasteiger partial charge in [0.15, 0.2) is 11.5 Å². The van der Waals surface area contributed by atoms with Crippen molar-refractivity contribution in [2.75, 3.05) is 32.2 Å². The molecule has 4 nitrogen and oxygen atoms in total. The predicted octanol–water partition coefficient (Wildman–Crippen LogP) is 3.79. The van der Waals surface area contributed by atoms with Crippen molar-refractivity contribution in [3.05, 3.63) is 53.8 Å². The van der Waals surface area contributed by atoms with E-state index in [-0.39, 0.29) is 11.7 Å². The van der Waals surface area contributed by atoms with Gasteiger partial charge in [0.05, 0.1) is 26.0 Å². The number of hydrogen-bond donors (Lipinski definition) is 1. The summed E-state index contributed by atoms with van der Waals surface area (Å²) in [5.41, 5.74) is 1.79. The van der Waals surface area contributed by atoms with E-state index in [1.807, 2.05) is 18.2 Å². The van der Waals surface area contributed by atoms with Crippen LogP contribution in [0.15, 0.2) is 42.5 Å². The molecule has 1 atom stereocenters. The zero-order valence-electron chi connectivity index (χ0n) is 14.6. The lowest BCUT2D eigenvalue weighted by atomic mass is 9.87. The number of aliphatic hydroxyl groups excluding tert-OH is 1. The fourth-order valence-corrected chi connectivity index (χ4v) is 3.51. The number of benzene rings is 2. The van der Waals surface area contributed by atoms with Gasteiger partial charge in [-0.2, -0.15) is 0 Å². The van der Waals surface area contributed by atoms with E-state index in [0.29, 0.717) is 5.75 Å². The minimum atomic E-state index is -0.560. The highest BCUT2D eigenvalue weighted by Gasteiger charge is 2.28. The molecule has 0 aliphatic carbocycles. The number of piperidine rings is 1. The average molecular weight is 345 g/mol. The van der Waals surface area contributed by atoms with Crippen molar-refractivity contribution in [2.45, 2.75) is 18.9 Å². The van der Waals surface area contributed by atoms with Crippen molar-refractivity contribution in [2.24, 2.45) is 5.92 Å². The second kappa shape index (κ2) is 7.74. The number of ether oxygens (including phenoxy) is 2. The van der Waals surface area contributed by atoms with Crippen molar-refractivity contribution in [3.8, 4) is 11.5 Å². The van der Waals surface area contributed by atoms with Crippen LogP contribution in [0.4, 0.5) is 10.1 Å². The summed E-state index contributed by atoms with van der Waals surface area (Å²) in [4.78, 5) is 2.26. The molecule has 25 heavy (non-hydrogen) atoms. The molecule has 1 aliphatic rings. The van der Waals surface area contributed by atoms with Gasteiger partial charge in [-0.3, -0.25) is 0 Å². The quantitative estimate of drug-likeness (QED) is 0.895. The van der Waals surface area contributed by atoms with Gasteiger partial charge in [0.25, 0.3) is 0 Å². The summed E-state index contributed by atoms with van der Waals surface area (Å²) < 4.78 is 24.0. The zero-order chi connectivity index (χ0) is 17.8. The highest BCUT2D eigenvalue weighted by atomic mass is 19.1. The normalized spacial score (nSPS) is 16.6. The number of rotatable bonds is 5. The summed E-state index contributed by atoms with van der Waals surface area (Å²) >= 11 is 0. The largest absolute Gasteiger partial charge is 0.493 e. The van der Waals surface area contributed by atoms with Gasteiger partial charge in [0, 0.05) is 13.1 Å². The molecule has 0 saturated carbocycles. The first-order valence-electron chi connectivity index (χ1n) is 8.53. The summed E-state index contributed by atoms with van der Waals surface area (Å²) in [6.07, 6.45) is 1.16. The van der Waals surface area contributed by atoms with Gasteiger partial charge in [-0.1, -0.05) is 18.2 Å². The van der Waals surface area contributed by atoms with Crippen LogP contribution >= 0.6 is 0 Å². The van der Waals surface area contributed by atoms with Gasteiger partial charge in [0.1, 0.15) is 5.82 Å². The Morgan fingerprint density at radius 3 is 2.32 bits per heavy atom. The Hall–Kier alpha value is -2.27. The fraction of sp³-hybridized carbons (Fsp3) is 0.400. The molecular formula is C20H24FNO3. The monoisotopic (exact) mass is 345 g/mol. The predicted molar refractivity (Wildman–Crippen MR) is 95.8 cm³/mol. The molecule has 3 rings (SSSR count). The Morgan fingerprint density at radius 2 is 1.72 bits per heavy atom. The maximum Gasteiger partial charge on any atom is 0.184 e. The number of nitrogens with zero attached hydrogens (tertiary/aromatic N) is 1. The molecule has 0 bridgehead atoms. The zero-order valence-corrected chi connectivity index (χ0v) is 14.6. The van der Waals surface area contributed by atoms with Crippen LogP contribution in [0.5, 0.6) is 11.5 Å². The lowest BCUT2D eigenvalue weighted by Gasteiger charge is -2.36. The molecule has 5 heteroatoms. The van der Waals surface area contributed by atoms with Crippen LogP contribution in [0.3, 0.4) is 0 Å². The number of aliphatic hydroxyl groups is 1. The summed E-state index contributed by atoms with van der Waals surface area (Å²) in [6.45, 7) is 1.65. The van der Waals surface area contributed by atoms with E-state index in [1.165, 1.54) is 12.1 Å². The molecule has 1 unspecified atom stereocenters. The average Bonchev–Trinajstić information content (AvgIpc) is 2.67. The summed E-state index contributed by atoms with van der Waals surface area (Å²) in [5, 5.41) is 10.6. The molecule has 1 saturated heterocycles. The Bertz CT molecular complexity index is 697. The standard InChI is InChI=1S/C20H24FNO3/c1-24-18-5-3-4-17(20(18)25-2)22-12-10-15(11-13-22)19(23)14-6-8-16(21)9-7-14/h3-9,15,19,23H,10-13H2,1-2H3. The third-order valence-electron chi connectivity index (χ3n) is 4.92. The van der Waals surface area contributed by atoms with Crippen LogP contribution in [0.1, 0.15) is 24.5 Å². The van der Waals surface area contributed by atoms with E-state index in [0.717, 1.165) is 42.9 Å². The summed E-state index contributed by atoms with van der Waals surface area (Å²) in [7, 11) is 3.28. The maximum atomic E-state index is 13.1. The first-order chi connectivity index (χ1) is 12.1. The third-order valence-corrected chi connectivity index (χ3v) is 4.92. The Kier molecular flexibility index (Phi) is 5.43.